The van der Waals surface area contributed by atoms with Crippen LogP contribution in [0.2, 0.25) is 0 Å². The average Bonchev–Trinajstić information content (AvgIpc) is 3.34. The van der Waals surface area contributed by atoms with Gasteiger partial charge in [-0.3, -0.25) is 9.78 Å². The summed E-state index contributed by atoms with van der Waals surface area (Å²) in [5, 5.41) is 3.26. The van der Waals surface area contributed by atoms with Crippen LogP contribution in [0.25, 0.3) is 0 Å². The lowest BCUT2D eigenvalue weighted by atomic mass is 10.2. The van der Waals surface area contributed by atoms with Gasteiger partial charge in [-0.15, -0.1) is 0 Å². The minimum absolute atomic E-state index is 0.146. The minimum Gasteiger partial charge on any atom is -0.385 e. The second-order valence-corrected chi connectivity index (χ2v) is 6.05. The van der Waals surface area contributed by atoms with E-state index in [1.807, 2.05) is 13.0 Å². The zero-order valence-corrected chi connectivity index (χ0v) is 12.1. The number of carbonyl (C=O) groups is 1. The third-order valence-electron chi connectivity index (χ3n) is 4.06. The van der Waals surface area contributed by atoms with Crippen LogP contribution in [0.3, 0.4) is 0 Å². The summed E-state index contributed by atoms with van der Waals surface area (Å²) in [7, 11) is 0. The zero-order chi connectivity index (χ0) is 13.9. The molecule has 1 aromatic rings. The lowest BCUT2D eigenvalue weighted by molar-refractivity contribution is 0.0740. The fraction of sp³-hybridized carbons (Fsp3) is 0.625. The molecule has 1 heterocycles. The molecule has 4 heteroatoms. The van der Waals surface area contributed by atoms with E-state index in [1.54, 1.807) is 12.4 Å². The third-order valence-corrected chi connectivity index (χ3v) is 4.06. The van der Waals surface area contributed by atoms with Crippen molar-refractivity contribution in [2.24, 2.45) is 11.8 Å². The Balaban J connectivity index is 1.76. The van der Waals surface area contributed by atoms with E-state index in [0.29, 0.717) is 0 Å². The summed E-state index contributed by atoms with van der Waals surface area (Å²) in [5.41, 5.74) is 1.62. The van der Waals surface area contributed by atoms with Crippen molar-refractivity contribution in [2.75, 3.05) is 25.0 Å². The Kier molecular flexibility index (Phi) is 3.90. The molecule has 0 aromatic carbocycles. The van der Waals surface area contributed by atoms with Crippen molar-refractivity contribution in [1.82, 2.24) is 9.88 Å². The van der Waals surface area contributed by atoms with Crippen LogP contribution in [0.5, 0.6) is 0 Å². The average molecular weight is 273 g/mol. The molecule has 108 valence electrons. The monoisotopic (exact) mass is 273 g/mol. The van der Waals surface area contributed by atoms with Crippen molar-refractivity contribution in [3.05, 3.63) is 24.0 Å². The molecule has 0 bridgehead atoms. The molecule has 2 aliphatic rings. The molecule has 2 fully saturated rings. The number of pyridine rings is 1. The summed E-state index contributed by atoms with van der Waals surface area (Å²) in [5.74, 6) is 1.61. The first-order valence-corrected chi connectivity index (χ1v) is 7.75. The van der Waals surface area contributed by atoms with E-state index in [9.17, 15) is 4.79 Å². The second-order valence-electron chi connectivity index (χ2n) is 6.05. The van der Waals surface area contributed by atoms with Gasteiger partial charge in [-0.1, -0.05) is 0 Å². The van der Waals surface area contributed by atoms with E-state index in [-0.39, 0.29) is 5.91 Å². The molecule has 0 saturated heterocycles. The number of amides is 1. The second kappa shape index (κ2) is 5.81. The van der Waals surface area contributed by atoms with Crippen molar-refractivity contribution in [3.63, 3.8) is 0 Å². The van der Waals surface area contributed by atoms with Gasteiger partial charge in [0, 0.05) is 32.0 Å². The first kappa shape index (κ1) is 13.4. The Morgan fingerprint density at radius 1 is 1.30 bits per heavy atom. The SMILES string of the molecule is CCNc1ccncc1C(=O)N(CC1CC1)CC1CC1. The zero-order valence-electron chi connectivity index (χ0n) is 12.1. The number of carbonyl (C=O) groups excluding carboxylic acids is 1. The van der Waals surface area contributed by atoms with Crippen LogP contribution in [0.1, 0.15) is 43.0 Å². The highest BCUT2D eigenvalue weighted by molar-refractivity contribution is 5.99. The standard InChI is InChI=1S/C16H23N3O/c1-2-18-15-7-8-17-9-14(15)16(20)19(10-12-3-4-12)11-13-5-6-13/h7-9,12-13H,2-6,10-11H2,1H3,(H,17,18). The summed E-state index contributed by atoms with van der Waals surface area (Å²) in [6.45, 7) is 4.71. The Bertz CT molecular complexity index is 466. The molecule has 0 spiro atoms. The maximum absolute atomic E-state index is 12.8. The van der Waals surface area contributed by atoms with Gasteiger partial charge in [0.15, 0.2) is 0 Å². The number of nitrogens with zero attached hydrogens (tertiary/aromatic N) is 2. The predicted octanol–water partition coefficient (Wildman–Crippen LogP) is 2.78. The molecule has 2 aliphatic carbocycles. The van der Waals surface area contributed by atoms with Gasteiger partial charge < -0.3 is 10.2 Å². The van der Waals surface area contributed by atoms with Gasteiger partial charge in [-0.25, -0.2) is 0 Å². The Labute approximate surface area is 120 Å². The molecular weight excluding hydrogens is 250 g/mol. The van der Waals surface area contributed by atoms with Gasteiger partial charge in [0.2, 0.25) is 0 Å². The van der Waals surface area contributed by atoms with Gasteiger partial charge in [0.25, 0.3) is 5.91 Å². The number of anilines is 1. The molecule has 1 N–H and O–H groups in total. The third kappa shape index (κ3) is 3.30. The highest BCUT2D eigenvalue weighted by atomic mass is 16.2. The van der Waals surface area contributed by atoms with Crippen LogP contribution in [-0.2, 0) is 0 Å². The molecule has 0 aliphatic heterocycles. The summed E-state index contributed by atoms with van der Waals surface area (Å²) >= 11 is 0. The maximum Gasteiger partial charge on any atom is 0.257 e. The molecule has 3 rings (SSSR count). The molecule has 0 atom stereocenters. The van der Waals surface area contributed by atoms with E-state index >= 15 is 0 Å². The molecule has 1 aromatic heterocycles. The lowest BCUT2D eigenvalue weighted by Crippen LogP contribution is -2.35. The number of hydrogen-bond acceptors (Lipinski definition) is 3. The largest absolute Gasteiger partial charge is 0.385 e. The highest BCUT2D eigenvalue weighted by Gasteiger charge is 2.32. The predicted molar refractivity (Wildman–Crippen MR) is 79.8 cm³/mol. The van der Waals surface area contributed by atoms with Gasteiger partial charge in [-0.2, -0.15) is 0 Å². The first-order chi connectivity index (χ1) is 9.78. The molecule has 2 saturated carbocycles. The van der Waals surface area contributed by atoms with Crippen molar-refractivity contribution >= 4 is 11.6 Å². The fourth-order valence-electron chi connectivity index (χ4n) is 2.54. The van der Waals surface area contributed by atoms with Crippen LogP contribution in [0.15, 0.2) is 18.5 Å². The van der Waals surface area contributed by atoms with Crippen LogP contribution in [0.4, 0.5) is 5.69 Å². The maximum atomic E-state index is 12.8. The van der Waals surface area contributed by atoms with E-state index in [2.05, 4.69) is 15.2 Å². The van der Waals surface area contributed by atoms with Crippen molar-refractivity contribution in [2.45, 2.75) is 32.6 Å². The molecule has 0 unspecified atom stereocenters. The summed E-state index contributed by atoms with van der Waals surface area (Å²) in [6, 6.07) is 1.89. The minimum atomic E-state index is 0.146. The fourth-order valence-corrected chi connectivity index (χ4v) is 2.54. The van der Waals surface area contributed by atoms with Crippen LogP contribution < -0.4 is 5.32 Å². The van der Waals surface area contributed by atoms with E-state index in [1.165, 1.54) is 25.7 Å². The molecule has 1 amide bonds. The van der Waals surface area contributed by atoms with Gasteiger partial charge in [0.1, 0.15) is 0 Å². The quantitative estimate of drug-likeness (QED) is 0.831. The Morgan fingerprint density at radius 2 is 1.95 bits per heavy atom. The molecular formula is C16H23N3O. The van der Waals surface area contributed by atoms with Crippen molar-refractivity contribution < 1.29 is 4.79 Å². The topological polar surface area (TPSA) is 45.2 Å². The lowest BCUT2D eigenvalue weighted by Gasteiger charge is -2.23. The van der Waals surface area contributed by atoms with Gasteiger partial charge in [0.05, 0.1) is 11.3 Å². The Hall–Kier alpha value is -1.58. The summed E-state index contributed by atoms with van der Waals surface area (Å²) < 4.78 is 0. The Morgan fingerprint density at radius 3 is 2.50 bits per heavy atom. The van der Waals surface area contributed by atoms with Gasteiger partial charge >= 0.3 is 0 Å². The first-order valence-electron chi connectivity index (χ1n) is 7.75. The normalized spacial score (nSPS) is 17.9. The van der Waals surface area contributed by atoms with Crippen molar-refractivity contribution in [3.8, 4) is 0 Å². The molecule has 20 heavy (non-hydrogen) atoms. The summed E-state index contributed by atoms with van der Waals surface area (Å²) in [6.07, 6.45) is 8.56. The number of aromatic nitrogens is 1. The number of nitrogens with one attached hydrogen (secondary N) is 1. The van der Waals surface area contributed by atoms with E-state index < -0.39 is 0 Å². The number of rotatable bonds is 7. The van der Waals surface area contributed by atoms with Crippen LogP contribution in [0, 0.1) is 11.8 Å². The molecule has 0 radical (unpaired) electrons. The summed E-state index contributed by atoms with van der Waals surface area (Å²) in [4.78, 5) is 19.0. The van der Waals surface area contributed by atoms with Crippen LogP contribution in [-0.4, -0.2) is 35.4 Å². The smallest absolute Gasteiger partial charge is 0.257 e. The van der Waals surface area contributed by atoms with E-state index in [4.69, 9.17) is 0 Å². The number of hydrogen-bond donors (Lipinski definition) is 1. The van der Waals surface area contributed by atoms with Gasteiger partial charge in [-0.05, 0) is 50.5 Å². The van der Waals surface area contributed by atoms with E-state index in [0.717, 1.165) is 42.7 Å². The van der Waals surface area contributed by atoms with Crippen LogP contribution >= 0.6 is 0 Å². The highest BCUT2D eigenvalue weighted by Crippen LogP contribution is 2.34. The van der Waals surface area contributed by atoms with Crippen molar-refractivity contribution in [1.29, 1.82) is 0 Å². The molecule has 4 nitrogen and oxygen atoms in total.